The third-order valence-corrected chi connectivity index (χ3v) is 5.58. The zero-order valence-electron chi connectivity index (χ0n) is 14.5. The van der Waals surface area contributed by atoms with Gasteiger partial charge in [-0.15, -0.1) is 0 Å². The highest BCUT2D eigenvalue weighted by Crippen LogP contribution is 2.31. The summed E-state index contributed by atoms with van der Waals surface area (Å²) in [6.45, 7) is 0.132. The van der Waals surface area contributed by atoms with E-state index in [0.717, 1.165) is 11.9 Å². The first-order valence-electron chi connectivity index (χ1n) is 7.94. The molecule has 0 N–H and O–H groups in total. The maximum absolute atomic E-state index is 12.3. The van der Waals surface area contributed by atoms with Gasteiger partial charge in [-0.05, 0) is 36.8 Å². The molecular weight excluding hydrogens is 395 g/mol. The smallest absolute Gasteiger partial charge is 0.232 e. The molecule has 0 heterocycles. The van der Waals surface area contributed by atoms with Crippen molar-refractivity contribution in [2.24, 2.45) is 0 Å². The van der Waals surface area contributed by atoms with Gasteiger partial charge in [0.05, 0.1) is 17.0 Å². The fourth-order valence-electron chi connectivity index (χ4n) is 2.48. The largest absolute Gasteiger partial charge is 0.316 e. The van der Waals surface area contributed by atoms with Gasteiger partial charge in [0.25, 0.3) is 0 Å². The van der Waals surface area contributed by atoms with Crippen molar-refractivity contribution in [3.63, 3.8) is 0 Å². The fraction of sp³-hybridized carbons (Fsp3) is 0.278. The van der Waals surface area contributed by atoms with Crippen molar-refractivity contribution < 1.29 is 13.2 Å². The second kappa shape index (κ2) is 8.75. The van der Waals surface area contributed by atoms with Gasteiger partial charge in [0.1, 0.15) is 0 Å². The molecule has 0 unspecified atom stereocenters. The van der Waals surface area contributed by atoms with Crippen molar-refractivity contribution in [2.75, 3.05) is 29.1 Å². The van der Waals surface area contributed by atoms with Gasteiger partial charge in [-0.25, -0.2) is 8.42 Å². The number of rotatable bonds is 7. The average Bonchev–Trinajstić information content (AvgIpc) is 2.60. The third kappa shape index (κ3) is 5.37. The second-order valence-corrected chi connectivity index (χ2v) is 8.57. The molecule has 0 fully saturated rings. The molecule has 2 aromatic rings. The molecule has 2 rings (SSSR count). The molecule has 0 aromatic heterocycles. The number of hydrogen-bond acceptors (Lipinski definition) is 3. The number of sulfonamides is 1. The maximum Gasteiger partial charge on any atom is 0.232 e. The topological polar surface area (TPSA) is 57.7 Å². The molecule has 0 aliphatic carbocycles. The minimum Gasteiger partial charge on any atom is -0.316 e. The first-order chi connectivity index (χ1) is 12.2. The van der Waals surface area contributed by atoms with Crippen LogP contribution < -0.4 is 9.21 Å². The van der Waals surface area contributed by atoms with E-state index in [1.54, 1.807) is 24.1 Å². The third-order valence-electron chi connectivity index (χ3n) is 3.85. The standard InChI is InChI=1S/C18H20Cl2N2O3S/c1-21(15-7-4-3-5-8-15)18(23)9-6-12-22(26(2,24)25)17-13-14(19)10-11-16(17)20/h3-5,7-8,10-11,13H,6,9,12H2,1-2H3. The van der Waals surface area contributed by atoms with Gasteiger partial charge in [-0.3, -0.25) is 9.10 Å². The molecule has 0 aliphatic heterocycles. The Labute approximate surface area is 164 Å². The predicted molar refractivity (Wildman–Crippen MR) is 108 cm³/mol. The monoisotopic (exact) mass is 414 g/mol. The summed E-state index contributed by atoms with van der Waals surface area (Å²) < 4.78 is 25.5. The van der Waals surface area contributed by atoms with Crippen LogP contribution in [0.3, 0.4) is 0 Å². The zero-order chi connectivity index (χ0) is 19.3. The molecule has 1 amide bonds. The van der Waals surface area contributed by atoms with Gasteiger partial charge in [0.2, 0.25) is 15.9 Å². The molecule has 26 heavy (non-hydrogen) atoms. The van der Waals surface area contributed by atoms with Crippen LogP contribution in [-0.2, 0) is 14.8 Å². The second-order valence-electron chi connectivity index (χ2n) is 5.82. The normalized spacial score (nSPS) is 11.2. The minimum absolute atomic E-state index is 0.0955. The summed E-state index contributed by atoms with van der Waals surface area (Å²) in [6, 6.07) is 13.9. The lowest BCUT2D eigenvalue weighted by Gasteiger charge is -2.24. The van der Waals surface area contributed by atoms with E-state index in [0.29, 0.717) is 17.1 Å². The number of nitrogens with zero attached hydrogens (tertiary/aromatic N) is 2. The van der Waals surface area contributed by atoms with Crippen molar-refractivity contribution in [1.82, 2.24) is 0 Å². The van der Waals surface area contributed by atoms with Gasteiger partial charge in [0.15, 0.2) is 0 Å². The van der Waals surface area contributed by atoms with Crippen LogP contribution in [0.25, 0.3) is 0 Å². The van der Waals surface area contributed by atoms with Crippen molar-refractivity contribution in [3.8, 4) is 0 Å². The lowest BCUT2D eigenvalue weighted by molar-refractivity contribution is -0.118. The Morgan fingerprint density at radius 2 is 1.73 bits per heavy atom. The van der Waals surface area contributed by atoms with Crippen LogP contribution in [0, 0.1) is 0 Å². The summed E-state index contributed by atoms with van der Waals surface area (Å²) in [7, 11) is -1.87. The molecule has 0 aliphatic rings. The molecule has 0 saturated heterocycles. The summed E-state index contributed by atoms with van der Waals surface area (Å²) in [5, 5.41) is 0.672. The number of anilines is 2. The summed E-state index contributed by atoms with van der Waals surface area (Å²) in [6.07, 6.45) is 1.66. The SMILES string of the molecule is CN(C(=O)CCCN(c1cc(Cl)ccc1Cl)S(C)(=O)=O)c1ccccc1. The maximum atomic E-state index is 12.3. The zero-order valence-corrected chi connectivity index (χ0v) is 16.9. The lowest BCUT2D eigenvalue weighted by Crippen LogP contribution is -2.32. The minimum atomic E-state index is -3.56. The number of halogens is 2. The van der Waals surface area contributed by atoms with Crippen LogP contribution in [0.1, 0.15) is 12.8 Å². The van der Waals surface area contributed by atoms with Crippen LogP contribution in [-0.4, -0.2) is 34.2 Å². The van der Waals surface area contributed by atoms with Crippen LogP contribution in [0.2, 0.25) is 10.0 Å². The fourth-order valence-corrected chi connectivity index (χ4v) is 3.88. The quantitative estimate of drug-likeness (QED) is 0.681. The predicted octanol–water partition coefficient (Wildman–Crippen LogP) is 4.20. The molecule has 140 valence electrons. The number of hydrogen-bond donors (Lipinski definition) is 0. The number of para-hydroxylation sites is 1. The van der Waals surface area contributed by atoms with Crippen molar-refractivity contribution in [1.29, 1.82) is 0 Å². The van der Waals surface area contributed by atoms with E-state index in [-0.39, 0.29) is 23.9 Å². The van der Waals surface area contributed by atoms with Gasteiger partial charge in [0, 0.05) is 30.7 Å². The molecule has 0 radical (unpaired) electrons. The summed E-state index contributed by atoms with van der Waals surface area (Å²) in [4.78, 5) is 13.9. The highest BCUT2D eigenvalue weighted by molar-refractivity contribution is 7.92. The summed E-state index contributed by atoms with van der Waals surface area (Å²) >= 11 is 12.1. The Balaban J connectivity index is 2.07. The van der Waals surface area contributed by atoms with E-state index in [1.807, 2.05) is 30.3 Å². The Kier molecular flexibility index (Phi) is 6.92. The first-order valence-corrected chi connectivity index (χ1v) is 10.5. The number of carbonyl (C=O) groups is 1. The van der Waals surface area contributed by atoms with Gasteiger partial charge in [-0.1, -0.05) is 41.4 Å². The summed E-state index contributed by atoms with van der Waals surface area (Å²) in [5.74, 6) is -0.0955. The van der Waals surface area contributed by atoms with Crippen LogP contribution in [0.5, 0.6) is 0 Å². The lowest BCUT2D eigenvalue weighted by atomic mass is 10.2. The van der Waals surface area contributed by atoms with Gasteiger partial charge in [-0.2, -0.15) is 0 Å². The Morgan fingerprint density at radius 3 is 2.35 bits per heavy atom. The molecular formula is C18H20Cl2N2O3S. The molecule has 8 heteroatoms. The highest BCUT2D eigenvalue weighted by atomic mass is 35.5. The Bertz CT molecular complexity index is 873. The van der Waals surface area contributed by atoms with E-state index in [2.05, 4.69) is 0 Å². The van der Waals surface area contributed by atoms with E-state index in [4.69, 9.17) is 23.2 Å². The van der Waals surface area contributed by atoms with Crippen molar-refractivity contribution >= 4 is 50.5 Å². The van der Waals surface area contributed by atoms with E-state index in [1.165, 1.54) is 10.4 Å². The van der Waals surface area contributed by atoms with Crippen LogP contribution in [0.15, 0.2) is 48.5 Å². The number of amides is 1. The number of benzene rings is 2. The first kappa shape index (κ1) is 20.6. The van der Waals surface area contributed by atoms with Gasteiger partial charge >= 0.3 is 0 Å². The van der Waals surface area contributed by atoms with Gasteiger partial charge < -0.3 is 4.90 Å². The highest BCUT2D eigenvalue weighted by Gasteiger charge is 2.21. The molecule has 0 atom stereocenters. The molecule has 0 saturated carbocycles. The summed E-state index contributed by atoms with van der Waals surface area (Å²) in [5.41, 5.74) is 1.10. The van der Waals surface area contributed by atoms with E-state index < -0.39 is 10.0 Å². The molecule has 2 aromatic carbocycles. The van der Waals surface area contributed by atoms with Crippen LogP contribution in [0.4, 0.5) is 11.4 Å². The molecule has 0 bridgehead atoms. The Hall–Kier alpha value is -1.76. The number of carbonyl (C=O) groups excluding carboxylic acids is 1. The average molecular weight is 415 g/mol. The molecule has 5 nitrogen and oxygen atoms in total. The van der Waals surface area contributed by atoms with E-state index in [9.17, 15) is 13.2 Å². The van der Waals surface area contributed by atoms with Crippen LogP contribution >= 0.6 is 23.2 Å². The van der Waals surface area contributed by atoms with E-state index >= 15 is 0 Å². The van der Waals surface area contributed by atoms with Crippen molar-refractivity contribution in [3.05, 3.63) is 58.6 Å². The molecule has 0 spiro atoms. The van der Waals surface area contributed by atoms with Crippen molar-refractivity contribution in [2.45, 2.75) is 12.8 Å². The Morgan fingerprint density at radius 1 is 1.08 bits per heavy atom.